The maximum atomic E-state index is 11.2. The van der Waals surface area contributed by atoms with E-state index in [2.05, 4.69) is 6.20 Å². The van der Waals surface area contributed by atoms with Gasteiger partial charge in [0.25, 0.3) is 0 Å². The zero-order valence-corrected chi connectivity index (χ0v) is 6.73. The molecule has 0 saturated heterocycles. The molecule has 1 radical (unpaired) electrons. The summed E-state index contributed by atoms with van der Waals surface area (Å²) in [5, 5.41) is 21.8. The van der Waals surface area contributed by atoms with E-state index in [1.807, 2.05) is 0 Å². The molecule has 0 spiro atoms. The van der Waals surface area contributed by atoms with Crippen LogP contribution in [0, 0.1) is 16.6 Å². The number of rotatable bonds is 1. The van der Waals surface area contributed by atoms with Gasteiger partial charge in [0.2, 0.25) is 11.9 Å². The SMILES string of the molecule is [O-][n+]1ccccc1C1=[C][NH+]([O-])C=C1. The lowest BCUT2D eigenvalue weighted by molar-refractivity contribution is -0.740. The van der Waals surface area contributed by atoms with Crippen molar-refractivity contribution in [3.05, 3.63) is 59.0 Å². The minimum atomic E-state index is -0.196. The first-order valence-electron chi connectivity index (χ1n) is 3.82. The Morgan fingerprint density at radius 3 is 2.85 bits per heavy atom. The molecule has 0 aromatic carbocycles. The molecule has 1 aromatic heterocycles. The Kier molecular flexibility index (Phi) is 1.84. The topological polar surface area (TPSA) is 54.4 Å². The Morgan fingerprint density at radius 2 is 2.23 bits per heavy atom. The third-order valence-electron chi connectivity index (χ3n) is 1.76. The van der Waals surface area contributed by atoms with E-state index in [0.717, 1.165) is 0 Å². The summed E-state index contributed by atoms with van der Waals surface area (Å²) in [6, 6.07) is 5.03. The number of nitrogens with zero attached hydrogens (tertiary/aromatic N) is 1. The van der Waals surface area contributed by atoms with Crippen LogP contribution in [0.4, 0.5) is 0 Å². The average Bonchev–Trinajstić information content (AvgIpc) is 2.53. The van der Waals surface area contributed by atoms with Crippen molar-refractivity contribution in [2.24, 2.45) is 0 Å². The van der Waals surface area contributed by atoms with Gasteiger partial charge in [0.05, 0.1) is 0 Å². The summed E-state index contributed by atoms with van der Waals surface area (Å²) in [7, 11) is 0. The predicted molar refractivity (Wildman–Crippen MR) is 45.5 cm³/mol. The summed E-state index contributed by atoms with van der Waals surface area (Å²) in [6.07, 6.45) is 6.93. The molecule has 0 bridgehead atoms. The van der Waals surface area contributed by atoms with Gasteiger partial charge in [0.15, 0.2) is 6.20 Å². The zero-order chi connectivity index (χ0) is 9.26. The van der Waals surface area contributed by atoms with Crippen LogP contribution >= 0.6 is 0 Å². The van der Waals surface area contributed by atoms with Gasteiger partial charge in [0, 0.05) is 18.2 Å². The average molecular weight is 175 g/mol. The molecule has 1 atom stereocenters. The van der Waals surface area contributed by atoms with Gasteiger partial charge in [0.1, 0.15) is 11.8 Å². The lowest BCUT2D eigenvalue weighted by Crippen LogP contribution is -2.96. The number of quaternary nitrogens is 1. The summed E-state index contributed by atoms with van der Waals surface area (Å²) < 4.78 is 0.714. The lowest BCUT2D eigenvalue weighted by Gasteiger charge is -2.04. The van der Waals surface area contributed by atoms with Gasteiger partial charge in [-0.3, -0.25) is 0 Å². The standard InChI is InChI=1S/C9H7N2O2/c12-10-6-4-8(7-10)9-3-1-2-5-11(9)13/h1-6,10H. The highest BCUT2D eigenvalue weighted by atomic mass is 16.5. The Hall–Kier alpha value is -1.65. The number of pyridine rings is 1. The van der Waals surface area contributed by atoms with Gasteiger partial charge in [-0.2, -0.15) is 4.73 Å². The lowest BCUT2D eigenvalue weighted by atomic mass is 10.2. The molecule has 1 N–H and O–H groups in total. The van der Waals surface area contributed by atoms with Gasteiger partial charge in [-0.25, -0.2) is 0 Å². The van der Waals surface area contributed by atoms with Gasteiger partial charge < -0.3 is 15.5 Å². The number of aromatic nitrogens is 1. The number of nitrogens with one attached hydrogen (secondary N) is 1. The first-order chi connectivity index (χ1) is 6.27. The number of hydrogen-bond acceptors (Lipinski definition) is 2. The Balaban J connectivity index is 2.42. The van der Waals surface area contributed by atoms with Crippen LogP contribution in [0.2, 0.25) is 0 Å². The highest BCUT2D eigenvalue weighted by Crippen LogP contribution is 2.10. The maximum Gasteiger partial charge on any atom is 0.230 e. The molecule has 65 valence electrons. The molecule has 0 amide bonds. The van der Waals surface area contributed by atoms with Crippen molar-refractivity contribution >= 4 is 5.57 Å². The fourth-order valence-corrected chi connectivity index (χ4v) is 1.16. The molecule has 1 aromatic rings. The van der Waals surface area contributed by atoms with Gasteiger partial charge in [-0.05, 0) is 6.07 Å². The zero-order valence-electron chi connectivity index (χ0n) is 6.73. The van der Waals surface area contributed by atoms with Crippen LogP contribution < -0.4 is 9.79 Å². The van der Waals surface area contributed by atoms with E-state index in [0.29, 0.717) is 16.0 Å². The number of allylic oxidation sites excluding steroid dienone is 2. The normalized spacial score (nSPS) is 20.4. The molecule has 0 aliphatic carbocycles. The van der Waals surface area contributed by atoms with Crippen molar-refractivity contribution in [1.82, 2.24) is 0 Å². The van der Waals surface area contributed by atoms with E-state index >= 15 is 0 Å². The van der Waals surface area contributed by atoms with Crippen LogP contribution in [-0.4, -0.2) is 0 Å². The molecule has 1 aliphatic heterocycles. The fourth-order valence-electron chi connectivity index (χ4n) is 1.16. The smallest absolute Gasteiger partial charge is 0.230 e. The van der Waals surface area contributed by atoms with Crippen LogP contribution in [0.15, 0.2) is 36.7 Å². The minimum Gasteiger partial charge on any atom is -0.624 e. The van der Waals surface area contributed by atoms with Crippen molar-refractivity contribution < 1.29 is 9.79 Å². The van der Waals surface area contributed by atoms with Crippen molar-refractivity contribution in [2.45, 2.75) is 0 Å². The molecular weight excluding hydrogens is 168 g/mol. The molecule has 4 nitrogen and oxygen atoms in total. The van der Waals surface area contributed by atoms with Crippen molar-refractivity contribution in [3.8, 4) is 0 Å². The second-order valence-corrected chi connectivity index (χ2v) is 2.65. The predicted octanol–water partition coefficient (Wildman–Crippen LogP) is -0.626. The van der Waals surface area contributed by atoms with E-state index in [1.165, 1.54) is 12.4 Å². The monoisotopic (exact) mass is 175 g/mol. The van der Waals surface area contributed by atoms with Crippen molar-refractivity contribution in [2.75, 3.05) is 0 Å². The molecule has 13 heavy (non-hydrogen) atoms. The van der Waals surface area contributed by atoms with E-state index in [1.54, 1.807) is 24.3 Å². The van der Waals surface area contributed by atoms with E-state index in [-0.39, 0.29) is 5.06 Å². The third kappa shape index (κ3) is 1.44. The van der Waals surface area contributed by atoms with Crippen LogP contribution in [0.5, 0.6) is 0 Å². The maximum absolute atomic E-state index is 11.2. The Bertz CT molecular complexity index is 385. The van der Waals surface area contributed by atoms with Gasteiger partial charge >= 0.3 is 0 Å². The van der Waals surface area contributed by atoms with E-state index < -0.39 is 0 Å². The van der Waals surface area contributed by atoms with Gasteiger partial charge in [-0.15, -0.1) is 0 Å². The summed E-state index contributed by atoms with van der Waals surface area (Å²) in [5.41, 5.74) is 0.991. The molecule has 1 aliphatic rings. The largest absolute Gasteiger partial charge is 0.624 e. The third-order valence-corrected chi connectivity index (χ3v) is 1.76. The molecule has 0 fully saturated rings. The highest BCUT2D eigenvalue weighted by Gasteiger charge is 2.15. The summed E-state index contributed by atoms with van der Waals surface area (Å²) in [4.78, 5) is 0. The van der Waals surface area contributed by atoms with E-state index in [4.69, 9.17) is 0 Å². The summed E-state index contributed by atoms with van der Waals surface area (Å²) in [5.74, 6) is 0. The molecule has 2 heterocycles. The summed E-state index contributed by atoms with van der Waals surface area (Å²) in [6.45, 7) is 0. The van der Waals surface area contributed by atoms with Crippen molar-refractivity contribution in [1.29, 1.82) is 0 Å². The van der Waals surface area contributed by atoms with Crippen LogP contribution in [0.25, 0.3) is 5.57 Å². The van der Waals surface area contributed by atoms with Gasteiger partial charge in [-0.1, -0.05) is 0 Å². The Labute approximate surface area is 75.2 Å². The van der Waals surface area contributed by atoms with Crippen LogP contribution in [0.1, 0.15) is 5.69 Å². The Morgan fingerprint density at radius 1 is 1.38 bits per heavy atom. The first kappa shape index (κ1) is 7.97. The molecule has 1 unspecified atom stereocenters. The quantitative estimate of drug-likeness (QED) is 0.456. The van der Waals surface area contributed by atoms with E-state index in [9.17, 15) is 10.4 Å². The minimum absolute atomic E-state index is 0.196. The second kappa shape index (κ2) is 3.01. The second-order valence-electron chi connectivity index (χ2n) is 2.65. The van der Waals surface area contributed by atoms with Crippen molar-refractivity contribution in [3.63, 3.8) is 0 Å². The summed E-state index contributed by atoms with van der Waals surface area (Å²) >= 11 is 0. The fraction of sp³-hybridized carbons (Fsp3) is 0. The number of hydroxylamine groups is 2. The highest BCUT2D eigenvalue weighted by molar-refractivity contribution is 5.68. The molecule has 4 heteroatoms. The molecule has 0 saturated carbocycles. The molecular formula is C9H7N2O2. The number of hydrogen-bond donors (Lipinski definition) is 1. The van der Waals surface area contributed by atoms with Crippen LogP contribution in [-0.2, 0) is 0 Å². The first-order valence-corrected chi connectivity index (χ1v) is 3.82. The molecule has 2 rings (SSSR count). The van der Waals surface area contributed by atoms with Crippen LogP contribution in [0.3, 0.4) is 0 Å².